The van der Waals surface area contributed by atoms with E-state index in [-0.39, 0.29) is 30.0 Å². The molecule has 4 bridgehead atoms. The Morgan fingerprint density at radius 2 is 1.89 bits per heavy atom. The fourth-order valence-electron chi connectivity index (χ4n) is 5.90. The molecule has 0 spiro atoms. The van der Waals surface area contributed by atoms with Crippen LogP contribution in [0.4, 0.5) is 0 Å². The van der Waals surface area contributed by atoms with Crippen LogP contribution in [0.1, 0.15) is 44.2 Å². The molecule has 0 radical (unpaired) electrons. The maximum Gasteiger partial charge on any atom is 0.325 e. The summed E-state index contributed by atoms with van der Waals surface area (Å²) in [6, 6.07) is 1.36. The van der Waals surface area contributed by atoms with Gasteiger partial charge in [0.1, 0.15) is 13.2 Å². The maximum absolute atomic E-state index is 12.9. The van der Waals surface area contributed by atoms with E-state index in [1.807, 2.05) is 0 Å². The van der Waals surface area contributed by atoms with Crippen molar-refractivity contribution in [3.63, 3.8) is 0 Å². The van der Waals surface area contributed by atoms with Crippen molar-refractivity contribution in [2.24, 2.45) is 23.2 Å². The van der Waals surface area contributed by atoms with Gasteiger partial charge in [0.05, 0.1) is 5.69 Å². The molecule has 7 nitrogen and oxygen atoms in total. The lowest BCUT2D eigenvalue weighted by molar-refractivity contribution is -0.151. The number of ether oxygens (including phenoxy) is 1. The number of rotatable bonds is 5. The summed E-state index contributed by atoms with van der Waals surface area (Å²) >= 11 is 1.35. The Labute approximate surface area is 166 Å². The molecule has 148 valence electrons. The van der Waals surface area contributed by atoms with Gasteiger partial charge in [0.2, 0.25) is 5.91 Å². The van der Waals surface area contributed by atoms with E-state index in [0.717, 1.165) is 19.3 Å². The number of nitrogens with one attached hydrogen (secondary N) is 1. The zero-order valence-corrected chi connectivity index (χ0v) is 16.4. The van der Waals surface area contributed by atoms with Crippen LogP contribution in [-0.4, -0.2) is 27.8 Å². The Morgan fingerprint density at radius 1 is 1.21 bits per heavy atom. The van der Waals surface area contributed by atoms with Gasteiger partial charge in [-0.05, 0) is 56.3 Å². The van der Waals surface area contributed by atoms with Crippen molar-refractivity contribution in [2.75, 3.05) is 6.54 Å². The highest BCUT2D eigenvalue weighted by Gasteiger charge is 2.54. The standard InChI is InChI=1S/C20H23N3O4S/c24-16-6-15(22-19-23(16)1-2-28-19)11-27-17(25)10-21-18(26)20-7-12-3-13(8-20)5-14(4-12)9-20/h1-2,6,12-14H,3-5,7-11H2,(H,21,26). The highest BCUT2D eigenvalue weighted by molar-refractivity contribution is 7.15. The molecule has 6 rings (SSSR count). The summed E-state index contributed by atoms with van der Waals surface area (Å²) in [5, 5.41) is 4.59. The first kappa shape index (κ1) is 17.8. The van der Waals surface area contributed by atoms with Crippen molar-refractivity contribution in [3.05, 3.63) is 33.7 Å². The van der Waals surface area contributed by atoms with Crippen molar-refractivity contribution in [3.8, 4) is 0 Å². The van der Waals surface area contributed by atoms with E-state index in [1.54, 1.807) is 11.6 Å². The van der Waals surface area contributed by atoms with E-state index in [2.05, 4.69) is 10.3 Å². The van der Waals surface area contributed by atoms with Crippen LogP contribution in [0, 0.1) is 23.2 Å². The second kappa shape index (κ2) is 6.69. The van der Waals surface area contributed by atoms with Gasteiger partial charge in [-0.3, -0.25) is 18.8 Å². The van der Waals surface area contributed by atoms with Crippen LogP contribution >= 0.6 is 11.3 Å². The molecule has 4 aliphatic rings. The minimum atomic E-state index is -0.508. The first-order chi connectivity index (χ1) is 13.5. The lowest BCUT2D eigenvalue weighted by Gasteiger charge is -2.55. The number of carbonyl (C=O) groups is 2. The molecule has 2 heterocycles. The van der Waals surface area contributed by atoms with Gasteiger partial charge in [-0.15, -0.1) is 11.3 Å². The smallest absolute Gasteiger partial charge is 0.325 e. The van der Waals surface area contributed by atoms with E-state index in [4.69, 9.17) is 4.74 Å². The molecule has 0 atom stereocenters. The average Bonchev–Trinajstić information content (AvgIpc) is 3.12. The number of hydrogen-bond donors (Lipinski definition) is 1. The molecule has 4 fully saturated rings. The molecule has 28 heavy (non-hydrogen) atoms. The molecule has 2 aromatic heterocycles. The minimum Gasteiger partial charge on any atom is -0.458 e. The van der Waals surface area contributed by atoms with Crippen molar-refractivity contribution < 1.29 is 14.3 Å². The van der Waals surface area contributed by atoms with E-state index in [9.17, 15) is 14.4 Å². The highest BCUT2D eigenvalue weighted by atomic mass is 32.1. The molecule has 8 heteroatoms. The molecule has 1 N–H and O–H groups in total. The lowest BCUT2D eigenvalue weighted by atomic mass is 9.49. The molecule has 0 saturated heterocycles. The predicted octanol–water partition coefficient (Wildman–Crippen LogP) is 2.13. The first-order valence-corrected chi connectivity index (χ1v) is 10.8. The van der Waals surface area contributed by atoms with Gasteiger partial charge in [-0.1, -0.05) is 0 Å². The van der Waals surface area contributed by atoms with E-state index < -0.39 is 5.97 Å². The maximum atomic E-state index is 12.9. The second-order valence-corrected chi connectivity index (χ2v) is 9.56. The van der Waals surface area contributed by atoms with Gasteiger partial charge in [0, 0.05) is 23.1 Å². The Kier molecular flexibility index (Phi) is 4.26. The quantitative estimate of drug-likeness (QED) is 0.776. The first-order valence-electron chi connectivity index (χ1n) is 9.90. The van der Waals surface area contributed by atoms with E-state index in [1.165, 1.54) is 41.1 Å². The van der Waals surface area contributed by atoms with Gasteiger partial charge in [-0.25, -0.2) is 4.98 Å². The van der Waals surface area contributed by atoms with Crippen molar-refractivity contribution in [1.82, 2.24) is 14.7 Å². The summed E-state index contributed by atoms with van der Waals surface area (Å²) < 4.78 is 6.66. The van der Waals surface area contributed by atoms with Crippen LogP contribution in [0.3, 0.4) is 0 Å². The summed E-state index contributed by atoms with van der Waals surface area (Å²) in [7, 11) is 0. The van der Waals surface area contributed by atoms with Crippen LogP contribution in [0.2, 0.25) is 0 Å². The molecular formula is C20H23N3O4S. The van der Waals surface area contributed by atoms with Gasteiger partial charge in [0.15, 0.2) is 4.96 Å². The topological polar surface area (TPSA) is 89.8 Å². The predicted molar refractivity (Wildman–Crippen MR) is 103 cm³/mol. The zero-order valence-electron chi connectivity index (χ0n) is 15.6. The summed E-state index contributed by atoms with van der Waals surface area (Å²) in [5.41, 5.74) is -0.0595. The third-order valence-corrected chi connectivity index (χ3v) is 7.41. The molecule has 0 unspecified atom stereocenters. The van der Waals surface area contributed by atoms with Crippen molar-refractivity contribution in [1.29, 1.82) is 0 Å². The zero-order chi connectivity index (χ0) is 19.3. The summed E-state index contributed by atoms with van der Waals surface area (Å²) in [6.07, 6.45) is 8.38. The summed E-state index contributed by atoms with van der Waals surface area (Å²) in [4.78, 5) is 41.8. The van der Waals surface area contributed by atoms with Gasteiger partial charge in [0.25, 0.3) is 5.56 Å². The lowest BCUT2D eigenvalue weighted by Crippen LogP contribution is -2.54. The third-order valence-electron chi connectivity index (χ3n) is 6.65. The molecule has 0 aliphatic heterocycles. The fourth-order valence-corrected chi connectivity index (χ4v) is 6.63. The molecule has 0 aromatic carbocycles. The Morgan fingerprint density at radius 3 is 2.57 bits per heavy atom. The molecule has 4 saturated carbocycles. The number of fused-ring (bicyclic) bond motifs is 1. The number of aromatic nitrogens is 2. The second-order valence-electron chi connectivity index (χ2n) is 8.68. The van der Waals surface area contributed by atoms with Crippen molar-refractivity contribution >= 4 is 28.2 Å². The van der Waals surface area contributed by atoms with Gasteiger partial charge in [-0.2, -0.15) is 0 Å². The third kappa shape index (κ3) is 3.13. The molecule has 4 aliphatic carbocycles. The van der Waals surface area contributed by atoms with E-state index in [0.29, 0.717) is 28.4 Å². The monoisotopic (exact) mass is 401 g/mol. The normalized spacial score (nSPS) is 30.5. The van der Waals surface area contributed by atoms with Crippen LogP contribution in [0.15, 0.2) is 22.4 Å². The molecular weight excluding hydrogens is 378 g/mol. The summed E-state index contributed by atoms with van der Waals surface area (Å²) in [5.74, 6) is 1.55. The van der Waals surface area contributed by atoms with E-state index >= 15 is 0 Å². The summed E-state index contributed by atoms with van der Waals surface area (Å²) in [6.45, 7) is -0.212. The number of nitrogens with zero attached hydrogens (tertiary/aromatic N) is 2. The largest absolute Gasteiger partial charge is 0.458 e. The average molecular weight is 401 g/mol. The fraction of sp³-hybridized carbons (Fsp3) is 0.600. The Balaban J connectivity index is 1.16. The Bertz CT molecular complexity index is 959. The van der Waals surface area contributed by atoms with Crippen LogP contribution in [-0.2, 0) is 20.9 Å². The van der Waals surface area contributed by atoms with Crippen LogP contribution in [0.25, 0.3) is 4.96 Å². The minimum absolute atomic E-state index is 0.0138. The number of thiazole rings is 1. The molecule has 2 aromatic rings. The van der Waals surface area contributed by atoms with Crippen molar-refractivity contribution in [2.45, 2.75) is 45.1 Å². The number of esters is 1. The van der Waals surface area contributed by atoms with Crippen LogP contribution < -0.4 is 10.9 Å². The Hall–Kier alpha value is -2.22. The van der Waals surface area contributed by atoms with Gasteiger partial charge < -0.3 is 10.1 Å². The number of amides is 1. The molecule has 1 amide bonds. The number of hydrogen-bond acceptors (Lipinski definition) is 6. The highest BCUT2D eigenvalue weighted by Crippen LogP contribution is 2.60. The van der Waals surface area contributed by atoms with Crippen LogP contribution in [0.5, 0.6) is 0 Å². The SMILES string of the molecule is O=C(CNC(=O)C12CC3CC(CC(C3)C1)C2)OCc1cc(=O)n2ccsc2n1. The number of carbonyl (C=O) groups excluding carboxylic acids is 2. The van der Waals surface area contributed by atoms with Gasteiger partial charge >= 0.3 is 5.97 Å².